The maximum absolute atomic E-state index is 13.7. The Hall–Kier alpha value is -3.07. The summed E-state index contributed by atoms with van der Waals surface area (Å²) < 4.78 is 34.3. The molecule has 0 unspecified atom stereocenters. The average molecular weight is 432 g/mol. The van der Waals surface area contributed by atoms with Crippen LogP contribution in [0.15, 0.2) is 52.4 Å². The van der Waals surface area contributed by atoms with Crippen LogP contribution in [0.25, 0.3) is 0 Å². The first-order valence-electron chi connectivity index (χ1n) is 9.23. The number of amides is 1. The SMILES string of the molecule is CC(C)c1nc(COC(N)=O)n(Cc2ccc(N)cc2)c1Sc1cc(F)cc(F)c1. The minimum absolute atomic E-state index is 0.0194. The molecule has 0 atom stereocenters. The van der Waals surface area contributed by atoms with Crippen LogP contribution < -0.4 is 11.5 Å². The number of nitrogen functional groups attached to an aromatic ring is 1. The quantitative estimate of drug-likeness (QED) is 0.529. The summed E-state index contributed by atoms with van der Waals surface area (Å²) in [7, 11) is 0. The Bertz CT molecular complexity index is 1030. The second kappa shape index (κ2) is 9.17. The lowest BCUT2D eigenvalue weighted by atomic mass is 10.1. The van der Waals surface area contributed by atoms with Gasteiger partial charge in [0.15, 0.2) is 6.61 Å². The summed E-state index contributed by atoms with van der Waals surface area (Å²) in [6.45, 7) is 4.20. The second-order valence-electron chi connectivity index (χ2n) is 7.02. The molecular weight excluding hydrogens is 410 g/mol. The maximum Gasteiger partial charge on any atom is 0.404 e. The number of nitrogens with zero attached hydrogens (tertiary/aromatic N) is 2. The smallest absolute Gasteiger partial charge is 0.404 e. The number of anilines is 1. The molecule has 0 aliphatic rings. The van der Waals surface area contributed by atoms with Crippen LogP contribution in [0.3, 0.4) is 0 Å². The van der Waals surface area contributed by atoms with Gasteiger partial charge in [-0.2, -0.15) is 0 Å². The Morgan fingerprint density at radius 1 is 1.17 bits per heavy atom. The summed E-state index contributed by atoms with van der Waals surface area (Å²) in [6, 6.07) is 10.7. The number of ether oxygens (including phenoxy) is 1. The first-order valence-corrected chi connectivity index (χ1v) is 10.0. The van der Waals surface area contributed by atoms with E-state index < -0.39 is 17.7 Å². The molecule has 0 spiro atoms. The molecule has 6 nitrogen and oxygen atoms in total. The Morgan fingerprint density at radius 3 is 2.37 bits per heavy atom. The lowest BCUT2D eigenvalue weighted by molar-refractivity contribution is 0.145. The fraction of sp³-hybridized carbons (Fsp3) is 0.238. The molecule has 0 saturated carbocycles. The van der Waals surface area contributed by atoms with Gasteiger partial charge in [0.25, 0.3) is 0 Å². The largest absolute Gasteiger partial charge is 0.442 e. The van der Waals surface area contributed by atoms with Crippen LogP contribution in [-0.4, -0.2) is 15.6 Å². The Labute approximate surface area is 177 Å². The number of hydrogen-bond acceptors (Lipinski definition) is 5. The molecule has 9 heteroatoms. The fourth-order valence-electron chi connectivity index (χ4n) is 2.90. The lowest BCUT2D eigenvalue weighted by Gasteiger charge is -2.14. The van der Waals surface area contributed by atoms with Gasteiger partial charge < -0.3 is 20.8 Å². The molecule has 0 fully saturated rings. The molecule has 0 radical (unpaired) electrons. The highest BCUT2D eigenvalue weighted by molar-refractivity contribution is 7.99. The van der Waals surface area contributed by atoms with Crippen LogP contribution in [-0.2, 0) is 17.9 Å². The molecule has 1 heterocycles. The third kappa shape index (κ3) is 5.29. The van der Waals surface area contributed by atoms with E-state index >= 15 is 0 Å². The Kier molecular flexibility index (Phi) is 6.61. The van der Waals surface area contributed by atoms with E-state index in [1.807, 2.05) is 30.5 Å². The zero-order chi connectivity index (χ0) is 21.8. The first kappa shape index (κ1) is 21.6. The van der Waals surface area contributed by atoms with Gasteiger partial charge in [-0.1, -0.05) is 37.7 Å². The Balaban J connectivity index is 2.08. The van der Waals surface area contributed by atoms with Crippen molar-refractivity contribution in [3.8, 4) is 0 Å². The highest BCUT2D eigenvalue weighted by atomic mass is 32.2. The summed E-state index contributed by atoms with van der Waals surface area (Å²) in [5.41, 5.74) is 13.2. The topological polar surface area (TPSA) is 96.2 Å². The third-order valence-corrected chi connectivity index (χ3v) is 5.38. The predicted molar refractivity (Wildman–Crippen MR) is 111 cm³/mol. The van der Waals surface area contributed by atoms with Gasteiger partial charge in [-0.05, 0) is 35.7 Å². The minimum Gasteiger partial charge on any atom is -0.442 e. The fourth-order valence-corrected chi connectivity index (χ4v) is 4.13. The molecular formula is C21H22F2N4O2S. The van der Waals surface area contributed by atoms with Gasteiger partial charge in [0.1, 0.15) is 22.5 Å². The number of rotatable bonds is 7. The summed E-state index contributed by atoms with van der Waals surface area (Å²) in [5.74, 6) is -0.824. The van der Waals surface area contributed by atoms with Crippen molar-refractivity contribution in [1.29, 1.82) is 0 Å². The highest BCUT2D eigenvalue weighted by Crippen LogP contribution is 2.36. The molecule has 30 heavy (non-hydrogen) atoms. The summed E-state index contributed by atoms with van der Waals surface area (Å²) >= 11 is 1.20. The normalized spacial score (nSPS) is 11.1. The number of hydrogen-bond donors (Lipinski definition) is 2. The van der Waals surface area contributed by atoms with Gasteiger partial charge in [-0.3, -0.25) is 0 Å². The molecule has 1 aromatic heterocycles. The number of nitrogens with two attached hydrogens (primary N) is 2. The molecule has 3 rings (SSSR count). The maximum atomic E-state index is 13.7. The third-order valence-electron chi connectivity index (χ3n) is 4.29. The van der Waals surface area contributed by atoms with Crippen molar-refractivity contribution in [3.05, 3.63) is 71.2 Å². The predicted octanol–water partition coefficient (Wildman–Crippen LogP) is 4.66. The summed E-state index contributed by atoms with van der Waals surface area (Å²) in [5, 5.41) is 0.704. The van der Waals surface area contributed by atoms with E-state index in [9.17, 15) is 13.6 Å². The van der Waals surface area contributed by atoms with Gasteiger partial charge in [0, 0.05) is 23.2 Å². The van der Waals surface area contributed by atoms with Gasteiger partial charge in [-0.15, -0.1) is 0 Å². The summed E-state index contributed by atoms with van der Waals surface area (Å²) in [6.07, 6.45) is -0.912. The summed E-state index contributed by atoms with van der Waals surface area (Å²) in [4.78, 5) is 16.2. The molecule has 0 saturated heterocycles. The van der Waals surface area contributed by atoms with Gasteiger partial charge >= 0.3 is 6.09 Å². The van der Waals surface area contributed by atoms with Crippen molar-refractivity contribution in [2.24, 2.45) is 5.73 Å². The number of benzene rings is 2. The van der Waals surface area contributed by atoms with Crippen LogP contribution in [0.1, 0.15) is 36.8 Å². The van der Waals surface area contributed by atoms with Crippen molar-refractivity contribution < 1.29 is 18.3 Å². The van der Waals surface area contributed by atoms with Crippen molar-refractivity contribution >= 4 is 23.5 Å². The zero-order valence-electron chi connectivity index (χ0n) is 16.6. The Morgan fingerprint density at radius 2 is 1.80 bits per heavy atom. The van der Waals surface area contributed by atoms with Crippen molar-refractivity contribution in [1.82, 2.24) is 9.55 Å². The van der Waals surface area contributed by atoms with Crippen LogP contribution in [0, 0.1) is 11.6 Å². The molecule has 1 amide bonds. The number of primary amides is 1. The van der Waals surface area contributed by atoms with Crippen LogP contribution in [0.5, 0.6) is 0 Å². The van der Waals surface area contributed by atoms with Crippen LogP contribution >= 0.6 is 11.8 Å². The van der Waals surface area contributed by atoms with E-state index in [1.54, 1.807) is 12.1 Å². The van der Waals surface area contributed by atoms with E-state index in [2.05, 4.69) is 4.98 Å². The highest BCUT2D eigenvalue weighted by Gasteiger charge is 2.22. The molecule has 158 valence electrons. The number of halogens is 2. The van der Waals surface area contributed by atoms with Gasteiger partial charge in [0.05, 0.1) is 5.69 Å². The zero-order valence-corrected chi connectivity index (χ0v) is 17.4. The number of aromatic nitrogens is 2. The van der Waals surface area contributed by atoms with Crippen LogP contribution in [0.4, 0.5) is 19.3 Å². The van der Waals surface area contributed by atoms with E-state index in [1.165, 1.54) is 23.9 Å². The van der Waals surface area contributed by atoms with E-state index in [0.29, 0.717) is 28.0 Å². The molecule has 2 aromatic carbocycles. The molecule has 0 aliphatic carbocycles. The standard InChI is InChI=1S/C21H22F2N4O2S/c1-12(2)19-20(30-17-8-14(22)7-15(23)9-17)27(18(26-19)11-29-21(25)28)10-13-3-5-16(24)6-4-13/h3-9,12H,10-11,24H2,1-2H3,(H2,25,28). The van der Waals surface area contributed by atoms with E-state index in [4.69, 9.17) is 16.2 Å². The van der Waals surface area contributed by atoms with Gasteiger partial charge in [-0.25, -0.2) is 18.6 Å². The van der Waals surface area contributed by atoms with Crippen molar-refractivity contribution in [2.45, 2.75) is 42.8 Å². The van der Waals surface area contributed by atoms with Crippen LogP contribution in [0.2, 0.25) is 0 Å². The van der Waals surface area contributed by atoms with Gasteiger partial charge in [0.2, 0.25) is 0 Å². The lowest BCUT2D eigenvalue weighted by Crippen LogP contribution is -2.15. The van der Waals surface area contributed by atoms with E-state index in [0.717, 1.165) is 17.3 Å². The monoisotopic (exact) mass is 432 g/mol. The first-order chi connectivity index (χ1) is 14.2. The van der Waals surface area contributed by atoms with Crippen molar-refractivity contribution in [2.75, 3.05) is 5.73 Å². The molecule has 0 aliphatic heterocycles. The number of carbonyl (C=O) groups excluding carboxylic acids is 1. The number of imidazole rings is 1. The second-order valence-corrected chi connectivity index (χ2v) is 8.08. The molecule has 0 bridgehead atoms. The van der Waals surface area contributed by atoms with E-state index in [-0.39, 0.29) is 12.5 Å². The minimum atomic E-state index is -0.912. The molecule has 4 N–H and O–H groups in total. The van der Waals surface area contributed by atoms with Crippen molar-refractivity contribution in [3.63, 3.8) is 0 Å². The number of carbonyl (C=O) groups is 1. The molecule has 3 aromatic rings. The average Bonchev–Trinajstić information content (AvgIpc) is 2.98.